The third-order valence-corrected chi connectivity index (χ3v) is 4.32. The van der Waals surface area contributed by atoms with Gasteiger partial charge in [-0.2, -0.15) is 4.73 Å². The van der Waals surface area contributed by atoms with Crippen LogP contribution in [-0.2, 0) is 4.74 Å². The van der Waals surface area contributed by atoms with Crippen LogP contribution in [0.25, 0.3) is 0 Å². The van der Waals surface area contributed by atoms with Crippen molar-refractivity contribution in [2.75, 3.05) is 31.1 Å². The molecule has 7 nitrogen and oxygen atoms in total. The standard InChI is InChI=1S/C17H27N3O4/c1-16(2,3)24-15(22)18-12-17(13-21)6-10-19(11-7-17)14-4-8-20(23)9-5-14/h4-5,8-9,21H,6-7,10-13H2,1-3H3,(H,18,22). The van der Waals surface area contributed by atoms with Crippen LogP contribution in [0.15, 0.2) is 24.5 Å². The van der Waals surface area contributed by atoms with Crippen molar-refractivity contribution in [2.24, 2.45) is 5.41 Å². The highest BCUT2D eigenvalue weighted by atomic mass is 16.6. The fraction of sp³-hybridized carbons (Fsp3) is 0.647. The first kappa shape index (κ1) is 18.3. The number of nitrogens with one attached hydrogen (secondary N) is 1. The average Bonchev–Trinajstić information content (AvgIpc) is 2.53. The lowest BCUT2D eigenvalue weighted by Gasteiger charge is -2.41. The Morgan fingerprint density at radius 1 is 1.38 bits per heavy atom. The molecule has 1 fully saturated rings. The number of aliphatic hydroxyl groups is 1. The molecule has 1 aromatic heterocycles. The normalized spacial score (nSPS) is 17.4. The van der Waals surface area contributed by atoms with E-state index in [1.807, 2.05) is 20.8 Å². The summed E-state index contributed by atoms with van der Waals surface area (Å²) in [5.41, 5.74) is 0.125. The molecule has 0 atom stereocenters. The minimum absolute atomic E-state index is 0.0198. The smallest absolute Gasteiger partial charge is 0.407 e. The molecule has 0 radical (unpaired) electrons. The summed E-state index contributed by atoms with van der Waals surface area (Å²) in [5.74, 6) is 0. The van der Waals surface area contributed by atoms with Crippen molar-refractivity contribution < 1.29 is 19.4 Å². The van der Waals surface area contributed by atoms with Crippen molar-refractivity contribution in [1.29, 1.82) is 0 Å². The van der Waals surface area contributed by atoms with Crippen LogP contribution >= 0.6 is 0 Å². The first-order valence-electron chi connectivity index (χ1n) is 8.25. The minimum Gasteiger partial charge on any atom is -0.619 e. The van der Waals surface area contributed by atoms with Gasteiger partial charge in [-0.25, -0.2) is 4.79 Å². The highest BCUT2D eigenvalue weighted by molar-refractivity contribution is 5.67. The maximum Gasteiger partial charge on any atom is 0.407 e. The molecule has 2 rings (SSSR count). The fourth-order valence-corrected chi connectivity index (χ4v) is 2.82. The largest absolute Gasteiger partial charge is 0.619 e. The van der Waals surface area contributed by atoms with Gasteiger partial charge in [0.15, 0.2) is 12.4 Å². The lowest BCUT2D eigenvalue weighted by atomic mass is 9.79. The van der Waals surface area contributed by atoms with Crippen LogP contribution in [0.5, 0.6) is 0 Å². The second-order valence-corrected chi connectivity index (χ2v) is 7.42. The summed E-state index contributed by atoms with van der Waals surface area (Å²) in [4.78, 5) is 14.0. The third kappa shape index (κ3) is 4.99. The Balaban J connectivity index is 1.89. The molecule has 1 aromatic rings. The number of hydrogen-bond donors (Lipinski definition) is 2. The van der Waals surface area contributed by atoms with E-state index in [0.29, 0.717) is 6.54 Å². The van der Waals surface area contributed by atoms with Crippen molar-refractivity contribution in [2.45, 2.75) is 39.2 Å². The van der Waals surface area contributed by atoms with Crippen LogP contribution in [0.4, 0.5) is 10.5 Å². The zero-order valence-electron chi connectivity index (χ0n) is 14.6. The number of ether oxygens (including phenoxy) is 1. The molecule has 1 aliphatic rings. The lowest BCUT2D eigenvalue weighted by Crippen LogP contribution is -2.49. The molecular formula is C17H27N3O4. The van der Waals surface area contributed by atoms with Crippen LogP contribution in [0.2, 0.25) is 0 Å². The molecular weight excluding hydrogens is 310 g/mol. The summed E-state index contributed by atoms with van der Waals surface area (Å²) >= 11 is 0. The van der Waals surface area contributed by atoms with Crippen LogP contribution in [0.3, 0.4) is 0 Å². The SMILES string of the molecule is CC(C)(C)OC(=O)NCC1(CO)CCN(c2cc[n+]([O-])cc2)CC1. The van der Waals surface area contributed by atoms with E-state index < -0.39 is 11.7 Å². The number of nitrogens with zero attached hydrogens (tertiary/aromatic N) is 2. The molecule has 0 aromatic carbocycles. The number of anilines is 1. The number of carbonyl (C=O) groups is 1. The van der Waals surface area contributed by atoms with Crippen molar-refractivity contribution >= 4 is 11.8 Å². The van der Waals surface area contributed by atoms with Crippen molar-refractivity contribution in [1.82, 2.24) is 5.32 Å². The molecule has 0 spiro atoms. The number of aromatic nitrogens is 1. The fourth-order valence-electron chi connectivity index (χ4n) is 2.82. The topological polar surface area (TPSA) is 88.7 Å². The van der Waals surface area contributed by atoms with Gasteiger partial charge in [0.2, 0.25) is 0 Å². The van der Waals surface area contributed by atoms with Crippen LogP contribution in [0.1, 0.15) is 33.6 Å². The van der Waals surface area contributed by atoms with E-state index >= 15 is 0 Å². The average molecular weight is 337 g/mol. The van der Waals surface area contributed by atoms with Crippen LogP contribution < -0.4 is 14.9 Å². The lowest BCUT2D eigenvalue weighted by molar-refractivity contribution is -0.605. The quantitative estimate of drug-likeness (QED) is 0.641. The zero-order chi connectivity index (χ0) is 17.8. The summed E-state index contributed by atoms with van der Waals surface area (Å²) in [5, 5.41) is 23.7. The molecule has 134 valence electrons. The van der Waals surface area contributed by atoms with E-state index in [-0.39, 0.29) is 12.0 Å². The van der Waals surface area contributed by atoms with Gasteiger partial charge >= 0.3 is 6.09 Å². The predicted molar refractivity (Wildman–Crippen MR) is 90.6 cm³/mol. The van der Waals surface area contributed by atoms with Gasteiger partial charge in [0.1, 0.15) is 5.60 Å². The summed E-state index contributed by atoms with van der Waals surface area (Å²) in [6.07, 6.45) is 4.01. The Kier molecular flexibility index (Phi) is 5.54. The number of hydrogen-bond acceptors (Lipinski definition) is 5. The molecule has 1 saturated heterocycles. The van der Waals surface area contributed by atoms with Gasteiger partial charge in [-0.3, -0.25) is 0 Å². The molecule has 24 heavy (non-hydrogen) atoms. The maximum atomic E-state index is 11.8. The molecule has 0 aliphatic carbocycles. The van der Waals surface area contributed by atoms with E-state index in [2.05, 4.69) is 10.2 Å². The number of rotatable bonds is 4. The van der Waals surface area contributed by atoms with Gasteiger partial charge < -0.3 is 25.3 Å². The molecule has 0 unspecified atom stereocenters. The van der Waals surface area contributed by atoms with E-state index in [1.54, 1.807) is 12.1 Å². The van der Waals surface area contributed by atoms with Gasteiger partial charge in [-0.15, -0.1) is 0 Å². The Hall–Kier alpha value is -2.02. The number of pyridine rings is 1. The maximum absolute atomic E-state index is 11.8. The molecule has 0 bridgehead atoms. The van der Waals surface area contributed by atoms with Crippen molar-refractivity contribution in [3.05, 3.63) is 29.7 Å². The predicted octanol–water partition coefficient (Wildman–Crippen LogP) is 1.42. The Morgan fingerprint density at radius 3 is 2.46 bits per heavy atom. The number of piperidine rings is 1. The van der Waals surface area contributed by atoms with Gasteiger partial charge in [-0.05, 0) is 33.6 Å². The summed E-state index contributed by atoms with van der Waals surface area (Å²) < 4.78 is 6.01. The molecule has 1 amide bonds. The number of alkyl carbamates (subject to hydrolysis) is 1. The third-order valence-electron chi connectivity index (χ3n) is 4.32. The van der Waals surface area contributed by atoms with E-state index in [1.165, 1.54) is 12.4 Å². The minimum atomic E-state index is -0.536. The Morgan fingerprint density at radius 2 is 1.96 bits per heavy atom. The molecule has 2 heterocycles. The van der Waals surface area contributed by atoms with Gasteiger partial charge in [0.25, 0.3) is 0 Å². The molecule has 2 N–H and O–H groups in total. The summed E-state index contributed by atoms with van der Waals surface area (Å²) in [6, 6.07) is 3.58. The summed E-state index contributed by atoms with van der Waals surface area (Å²) in [7, 11) is 0. The van der Waals surface area contributed by atoms with Crippen LogP contribution in [-0.4, -0.2) is 43.0 Å². The van der Waals surface area contributed by atoms with Gasteiger partial charge in [0.05, 0.1) is 6.61 Å². The number of carbonyl (C=O) groups excluding carboxylic acids is 1. The first-order valence-corrected chi connectivity index (χ1v) is 8.25. The van der Waals surface area contributed by atoms with Crippen molar-refractivity contribution in [3.63, 3.8) is 0 Å². The first-order chi connectivity index (χ1) is 11.2. The van der Waals surface area contributed by atoms with Crippen LogP contribution in [0, 0.1) is 10.6 Å². The van der Waals surface area contributed by atoms with E-state index in [9.17, 15) is 15.1 Å². The van der Waals surface area contributed by atoms with Crippen molar-refractivity contribution in [3.8, 4) is 0 Å². The molecule has 7 heteroatoms. The zero-order valence-corrected chi connectivity index (χ0v) is 14.6. The van der Waals surface area contributed by atoms with Gasteiger partial charge in [-0.1, -0.05) is 0 Å². The highest BCUT2D eigenvalue weighted by Crippen LogP contribution is 2.32. The second kappa shape index (κ2) is 7.25. The Bertz CT molecular complexity index is 546. The molecule has 1 aliphatic heterocycles. The highest BCUT2D eigenvalue weighted by Gasteiger charge is 2.35. The van der Waals surface area contributed by atoms with Gasteiger partial charge in [0, 0.05) is 42.9 Å². The number of aliphatic hydroxyl groups excluding tert-OH is 1. The second-order valence-electron chi connectivity index (χ2n) is 7.42. The van der Waals surface area contributed by atoms with E-state index in [0.717, 1.165) is 36.3 Å². The van der Waals surface area contributed by atoms with E-state index in [4.69, 9.17) is 4.74 Å². The monoisotopic (exact) mass is 337 g/mol. The summed E-state index contributed by atoms with van der Waals surface area (Å²) in [6.45, 7) is 7.39. The Labute approximate surface area is 142 Å². The number of amides is 1. The molecule has 0 saturated carbocycles.